The number of benzene rings is 1. The normalized spacial score (nSPS) is 30.6. The van der Waals surface area contributed by atoms with Crippen molar-refractivity contribution >= 4 is 27.5 Å². The Labute approximate surface area is 114 Å². The maximum Gasteiger partial charge on any atom is 0.156 e. The van der Waals surface area contributed by atoms with Crippen molar-refractivity contribution in [2.75, 3.05) is 0 Å². The third kappa shape index (κ3) is 1.97. The van der Waals surface area contributed by atoms with Gasteiger partial charge in [-0.2, -0.15) is 0 Å². The van der Waals surface area contributed by atoms with Crippen LogP contribution in [0, 0.1) is 11.8 Å². The van der Waals surface area contributed by atoms with Crippen molar-refractivity contribution in [1.82, 2.24) is 0 Å². The van der Waals surface area contributed by atoms with E-state index in [1.54, 1.807) is 6.08 Å². The fraction of sp³-hybridized carbons (Fsp3) is 0.333. The molecular weight excluding hydrogens is 292 g/mol. The van der Waals surface area contributed by atoms with E-state index >= 15 is 0 Å². The van der Waals surface area contributed by atoms with E-state index < -0.39 is 0 Å². The van der Waals surface area contributed by atoms with Gasteiger partial charge in [0, 0.05) is 23.2 Å². The molecule has 3 heteroatoms. The molecule has 1 saturated carbocycles. The average Bonchev–Trinajstić information content (AvgIpc) is 2.68. The highest BCUT2D eigenvalue weighted by Gasteiger charge is 2.43. The van der Waals surface area contributed by atoms with Gasteiger partial charge in [0.05, 0.1) is 0 Å². The van der Waals surface area contributed by atoms with E-state index in [0.717, 1.165) is 4.47 Å². The summed E-state index contributed by atoms with van der Waals surface area (Å²) in [6, 6.07) is 8.14. The molecule has 2 aliphatic carbocycles. The number of rotatable bonds is 1. The van der Waals surface area contributed by atoms with Crippen LogP contribution in [0.25, 0.3) is 0 Å². The number of carbonyl (C=O) groups is 2. The van der Waals surface area contributed by atoms with Gasteiger partial charge in [0.25, 0.3) is 0 Å². The summed E-state index contributed by atoms with van der Waals surface area (Å²) in [6.45, 7) is 0. The minimum absolute atomic E-state index is 0.0843. The molecule has 18 heavy (non-hydrogen) atoms. The van der Waals surface area contributed by atoms with Crippen LogP contribution < -0.4 is 0 Å². The molecule has 2 aliphatic rings. The van der Waals surface area contributed by atoms with Gasteiger partial charge < -0.3 is 0 Å². The van der Waals surface area contributed by atoms with Gasteiger partial charge >= 0.3 is 0 Å². The van der Waals surface area contributed by atoms with Gasteiger partial charge in [-0.1, -0.05) is 34.1 Å². The Morgan fingerprint density at radius 1 is 1.00 bits per heavy atom. The average molecular weight is 305 g/mol. The predicted molar refractivity (Wildman–Crippen MR) is 72.3 cm³/mol. The third-order valence-corrected chi connectivity index (χ3v) is 4.52. The quantitative estimate of drug-likeness (QED) is 0.798. The van der Waals surface area contributed by atoms with E-state index in [1.165, 1.54) is 5.56 Å². The summed E-state index contributed by atoms with van der Waals surface area (Å²) in [5.41, 5.74) is 1.19. The third-order valence-electron chi connectivity index (χ3n) is 3.99. The molecule has 1 aromatic carbocycles. The zero-order chi connectivity index (χ0) is 12.7. The van der Waals surface area contributed by atoms with E-state index in [4.69, 9.17) is 0 Å². The summed E-state index contributed by atoms with van der Waals surface area (Å²) in [5, 5.41) is 0. The molecule has 0 saturated heterocycles. The van der Waals surface area contributed by atoms with E-state index in [9.17, 15) is 9.59 Å². The van der Waals surface area contributed by atoms with Gasteiger partial charge in [-0.15, -0.1) is 0 Å². The van der Waals surface area contributed by atoms with Crippen molar-refractivity contribution < 1.29 is 9.59 Å². The summed E-state index contributed by atoms with van der Waals surface area (Å²) >= 11 is 3.42. The molecule has 0 radical (unpaired) electrons. The summed E-state index contributed by atoms with van der Waals surface area (Å²) in [4.78, 5) is 23.4. The maximum absolute atomic E-state index is 12.0. The van der Waals surface area contributed by atoms with Crippen LogP contribution >= 0.6 is 15.9 Å². The molecule has 0 unspecified atom stereocenters. The number of ketones is 2. The predicted octanol–water partition coefficient (Wildman–Crippen LogP) is 3.27. The van der Waals surface area contributed by atoms with Crippen molar-refractivity contribution in [3.8, 4) is 0 Å². The smallest absolute Gasteiger partial charge is 0.156 e. The van der Waals surface area contributed by atoms with Crippen molar-refractivity contribution in [2.45, 2.75) is 18.8 Å². The van der Waals surface area contributed by atoms with Gasteiger partial charge in [0.2, 0.25) is 0 Å². The number of halogens is 1. The van der Waals surface area contributed by atoms with Crippen molar-refractivity contribution in [1.29, 1.82) is 0 Å². The van der Waals surface area contributed by atoms with Crippen LogP contribution in [-0.2, 0) is 9.59 Å². The lowest BCUT2D eigenvalue weighted by Gasteiger charge is -2.23. The molecule has 0 aromatic heterocycles. The monoisotopic (exact) mass is 304 g/mol. The summed E-state index contributed by atoms with van der Waals surface area (Å²) < 4.78 is 1.04. The van der Waals surface area contributed by atoms with Crippen LogP contribution in [0.15, 0.2) is 40.9 Å². The lowest BCUT2D eigenvalue weighted by molar-refractivity contribution is -0.125. The highest BCUT2D eigenvalue weighted by molar-refractivity contribution is 9.10. The highest BCUT2D eigenvalue weighted by Crippen LogP contribution is 2.45. The first-order chi connectivity index (χ1) is 8.65. The Balaban J connectivity index is 1.94. The Morgan fingerprint density at radius 3 is 2.44 bits per heavy atom. The number of allylic oxidation sites excluding steroid dienone is 2. The largest absolute Gasteiger partial charge is 0.299 e. The molecule has 0 N–H and O–H groups in total. The molecular formula is C15H13BrO2. The van der Waals surface area contributed by atoms with E-state index in [2.05, 4.69) is 28.1 Å². The van der Waals surface area contributed by atoms with Gasteiger partial charge in [0.15, 0.2) is 5.78 Å². The zero-order valence-corrected chi connectivity index (χ0v) is 11.4. The van der Waals surface area contributed by atoms with Crippen LogP contribution in [0.1, 0.15) is 24.3 Å². The van der Waals surface area contributed by atoms with E-state index in [-0.39, 0.29) is 29.3 Å². The standard InChI is InChI=1S/C15H13BrO2/c16-10-3-1-9(2-4-10)13-8-15(18)14-7-11(17)5-6-12(13)14/h1-6,12-14H,7-8H2/t12-,13-,14-/m1/s1. The Hall–Kier alpha value is -1.22. The van der Waals surface area contributed by atoms with Crippen LogP contribution in [0.5, 0.6) is 0 Å². The van der Waals surface area contributed by atoms with Crippen LogP contribution in [0.3, 0.4) is 0 Å². The minimum atomic E-state index is -0.0869. The van der Waals surface area contributed by atoms with Crippen LogP contribution in [0.4, 0.5) is 0 Å². The first kappa shape index (κ1) is 11.8. The molecule has 0 heterocycles. The molecule has 0 amide bonds. The van der Waals surface area contributed by atoms with Crippen molar-refractivity contribution in [2.24, 2.45) is 11.8 Å². The Kier molecular flexibility index (Phi) is 2.94. The molecule has 1 aromatic rings. The fourth-order valence-electron chi connectivity index (χ4n) is 3.07. The second-order valence-electron chi connectivity index (χ2n) is 5.04. The van der Waals surface area contributed by atoms with Gasteiger partial charge in [-0.05, 0) is 35.6 Å². The first-order valence-electron chi connectivity index (χ1n) is 6.14. The number of fused-ring (bicyclic) bond motifs is 1. The summed E-state index contributed by atoms with van der Waals surface area (Å²) in [5.74, 6) is 0.680. The lowest BCUT2D eigenvalue weighted by atomic mass is 9.79. The van der Waals surface area contributed by atoms with Crippen LogP contribution in [-0.4, -0.2) is 11.6 Å². The fourth-order valence-corrected chi connectivity index (χ4v) is 3.34. The molecule has 0 spiro atoms. The molecule has 3 rings (SSSR count). The number of Topliss-reactive ketones (excluding diaryl/α,β-unsaturated/α-hetero) is 1. The van der Waals surface area contributed by atoms with E-state index in [0.29, 0.717) is 12.8 Å². The molecule has 1 fully saturated rings. The van der Waals surface area contributed by atoms with E-state index in [1.807, 2.05) is 18.2 Å². The van der Waals surface area contributed by atoms with Crippen LogP contribution in [0.2, 0.25) is 0 Å². The molecule has 2 nitrogen and oxygen atoms in total. The summed E-state index contributed by atoms with van der Waals surface area (Å²) in [6.07, 6.45) is 4.54. The van der Waals surface area contributed by atoms with Gasteiger partial charge in [-0.25, -0.2) is 0 Å². The minimum Gasteiger partial charge on any atom is -0.299 e. The topological polar surface area (TPSA) is 34.1 Å². The summed E-state index contributed by atoms with van der Waals surface area (Å²) in [7, 11) is 0. The second-order valence-corrected chi connectivity index (χ2v) is 5.96. The molecule has 3 atom stereocenters. The molecule has 92 valence electrons. The van der Waals surface area contributed by atoms with Gasteiger partial charge in [0.1, 0.15) is 5.78 Å². The Bertz CT molecular complexity index is 530. The highest BCUT2D eigenvalue weighted by atomic mass is 79.9. The first-order valence-corrected chi connectivity index (χ1v) is 6.93. The lowest BCUT2D eigenvalue weighted by Crippen LogP contribution is -2.22. The number of carbonyl (C=O) groups excluding carboxylic acids is 2. The SMILES string of the molecule is O=C1C=C[C@@H]2[C@@H](c3ccc(Br)cc3)CC(=O)[C@@H]2C1. The second kappa shape index (κ2) is 4.47. The van der Waals surface area contributed by atoms with Crippen molar-refractivity contribution in [3.05, 3.63) is 46.5 Å². The van der Waals surface area contributed by atoms with Gasteiger partial charge in [-0.3, -0.25) is 9.59 Å². The number of hydrogen-bond donors (Lipinski definition) is 0. The zero-order valence-electron chi connectivity index (χ0n) is 9.80. The van der Waals surface area contributed by atoms with Crippen molar-refractivity contribution in [3.63, 3.8) is 0 Å². The molecule has 0 aliphatic heterocycles. The maximum atomic E-state index is 12.0. The number of hydrogen-bond acceptors (Lipinski definition) is 2. The Morgan fingerprint density at radius 2 is 1.72 bits per heavy atom. The molecule has 0 bridgehead atoms.